The Morgan fingerprint density at radius 1 is 1.47 bits per heavy atom. The Labute approximate surface area is 108 Å². The number of fused-ring (bicyclic) bond motifs is 1. The molecule has 2 aromatic heterocycles. The summed E-state index contributed by atoms with van der Waals surface area (Å²) >= 11 is 3.47. The first-order valence-electron chi connectivity index (χ1n) is 5.91. The van der Waals surface area contributed by atoms with E-state index in [1.807, 2.05) is 22.7 Å². The maximum atomic E-state index is 5.48. The third-order valence-corrected chi connectivity index (χ3v) is 3.68. The van der Waals surface area contributed by atoms with E-state index < -0.39 is 0 Å². The van der Waals surface area contributed by atoms with E-state index in [9.17, 15) is 0 Å². The molecule has 1 fully saturated rings. The molecule has 4 nitrogen and oxygen atoms in total. The van der Waals surface area contributed by atoms with Crippen LogP contribution in [0.2, 0.25) is 0 Å². The number of rotatable bonds is 2. The number of aromatic nitrogens is 3. The normalized spacial score (nSPS) is 20.9. The van der Waals surface area contributed by atoms with Crippen LogP contribution in [0.3, 0.4) is 0 Å². The molecule has 17 heavy (non-hydrogen) atoms. The number of hydrogen-bond donors (Lipinski definition) is 0. The minimum absolute atomic E-state index is 0.569. The van der Waals surface area contributed by atoms with Gasteiger partial charge in [-0.1, -0.05) is 6.07 Å². The minimum Gasteiger partial charge on any atom is -0.381 e. The Hall–Kier alpha value is -0.940. The monoisotopic (exact) mass is 295 g/mol. The van der Waals surface area contributed by atoms with Crippen molar-refractivity contribution in [1.29, 1.82) is 0 Å². The largest absolute Gasteiger partial charge is 0.381 e. The van der Waals surface area contributed by atoms with Crippen LogP contribution in [0.15, 0.2) is 22.8 Å². The maximum Gasteiger partial charge on any atom is 0.156 e. The van der Waals surface area contributed by atoms with Crippen LogP contribution in [0.25, 0.3) is 5.65 Å². The quantitative estimate of drug-likeness (QED) is 0.799. The van der Waals surface area contributed by atoms with Crippen LogP contribution in [-0.2, 0) is 11.2 Å². The molecule has 0 radical (unpaired) electrons. The van der Waals surface area contributed by atoms with Gasteiger partial charge in [-0.3, -0.25) is 0 Å². The van der Waals surface area contributed by atoms with Crippen molar-refractivity contribution in [3.05, 3.63) is 28.6 Å². The van der Waals surface area contributed by atoms with Crippen molar-refractivity contribution in [2.24, 2.45) is 5.92 Å². The Balaban J connectivity index is 1.83. The van der Waals surface area contributed by atoms with Crippen LogP contribution in [-0.4, -0.2) is 27.8 Å². The highest BCUT2D eigenvalue weighted by atomic mass is 79.9. The second-order valence-corrected chi connectivity index (χ2v) is 5.25. The van der Waals surface area contributed by atoms with Crippen molar-refractivity contribution in [2.45, 2.75) is 19.3 Å². The summed E-state index contributed by atoms with van der Waals surface area (Å²) in [5.41, 5.74) is 0.895. The number of nitrogens with zero attached hydrogens (tertiary/aromatic N) is 3. The van der Waals surface area contributed by atoms with E-state index in [2.05, 4.69) is 26.0 Å². The summed E-state index contributed by atoms with van der Waals surface area (Å²) in [5, 5.41) is 4.51. The topological polar surface area (TPSA) is 39.4 Å². The highest BCUT2D eigenvalue weighted by Gasteiger charge is 2.17. The standard InChI is InChI=1S/C12H14BrN3O/c13-10-4-1-5-12-14-11(15-16(10)12)7-9-3-2-6-17-8-9/h1,4-5,9H,2-3,6-8H2. The van der Waals surface area contributed by atoms with Crippen molar-refractivity contribution in [3.8, 4) is 0 Å². The maximum absolute atomic E-state index is 5.48. The van der Waals surface area contributed by atoms with Crippen molar-refractivity contribution in [1.82, 2.24) is 14.6 Å². The molecule has 1 aliphatic heterocycles. The molecule has 90 valence electrons. The van der Waals surface area contributed by atoms with Crippen LogP contribution in [0, 0.1) is 5.92 Å². The molecule has 5 heteroatoms. The molecule has 1 atom stereocenters. The van der Waals surface area contributed by atoms with Gasteiger partial charge in [0.05, 0.1) is 0 Å². The van der Waals surface area contributed by atoms with Gasteiger partial charge in [0.2, 0.25) is 0 Å². The summed E-state index contributed by atoms with van der Waals surface area (Å²) in [4.78, 5) is 4.53. The second kappa shape index (κ2) is 4.74. The summed E-state index contributed by atoms with van der Waals surface area (Å²) in [7, 11) is 0. The van der Waals surface area contributed by atoms with E-state index in [0.29, 0.717) is 5.92 Å². The number of hydrogen-bond acceptors (Lipinski definition) is 3. The van der Waals surface area contributed by atoms with Gasteiger partial charge >= 0.3 is 0 Å². The van der Waals surface area contributed by atoms with Crippen LogP contribution in [0.4, 0.5) is 0 Å². The van der Waals surface area contributed by atoms with Crippen molar-refractivity contribution in [3.63, 3.8) is 0 Å². The molecular formula is C12H14BrN3O. The van der Waals surface area contributed by atoms with Crippen molar-refractivity contribution >= 4 is 21.6 Å². The Morgan fingerprint density at radius 2 is 2.41 bits per heavy atom. The lowest BCUT2D eigenvalue weighted by Crippen LogP contribution is -2.19. The Kier molecular flexibility index (Phi) is 3.11. The third kappa shape index (κ3) is 2.35. The first-order valence-corrected chi connectivity index (χ1v) is 6.70. The molecule has 3 rings (SSSR count). The van der Waals surface area contributed by atoms with E-state index in [1.165, 1.54) is 6.42 Å². The van der Waals surface area contributed by atoms with Crippen molar-refractivity contribution < 1.29 is 4.74 Å². The van der Waals surface area contributed by atoms with Gasteiger partial charge in [-0.05, 0) is 46.8 Å². The lowest BCUT2D eigenvalue weighted by molar-refractivity contribution is 0.0543. The fourth-order valence-electron chi connectivity index (χ4n) is 2.23. The molecule has 0 aliphatic carbocycles. The van der Waals surface area contributed by atoms with Gasteiger partial charge in [-0.15, -0.1) is 0 Å². The number of ether oxygens (including phenoxy) is 1. The van der Waals surface area contributed by atoms with E-state index in [1.54, 1.807) is 0 Å². The average molecular weight is 296 g/mol. The zero-order chi connectivity index (χ0) is 11.7. The molecule has 3 heterocycles. The molecule has 1 aliphatic rings. The summed E-state index contributed by atoms with van der Waals surface area (Å²) in [5.74, 6) is 1.48. The Bertz CT molecular complexity index is 519. The van der Waals surface area contributed by atoms with Crippen LogP contribution in [0.1, 0.15) is 18.7 Å². The third-order valence-electron chi connectivity index (χ3n) is 3.08. The van der Waals surface area contributed by atoms with Crippen molar-refractivity contribution in [2.75, 3.05) is 13.2 Å². The van der Waals surface area contributed by atoms with Gasteiger partial charge in [0, 0.05) is 19.6 Å². The number of pyridine rings is 1. The summed E-state index contributed by atoms with van der Waals surface area (Å²) in [6.07, 6.45) is 3.28. The predicted octanol–water partition coefficient (Wildman–Crippen LogP) is 2.46. The second-order valence-electron chi connectivity index (χ2n) is 4.43. The lowest BCUT2D eigenvalue weighted by Gasteiger charge is -2.20. The highest BCUT2D eigenvalue weighted by Crippen LogP contribution is 2.18. The average Bonchev–Trinajstić information content (AvgIpc) is 2.74. The SMILES string of the molecule is Brc1cccc2nc(CC3CCCOC3)nn12. The summed E-state index contributed by atoms with van der Waals surface area (Å²) in [6, 6.07) is 5.91. The summed E-state index contributed by atoms with van der Waals surface area (Å²) < 4.78 is 8.25. The fourth-order valence-corrected chi connectivity index (χ4v) is 2.64. The van der Waals surface area contributed by atoms with Gasteiger partial charge in [0.1, 0.15) is 4.60 Å². The van der Waals surface area contributed by atoms with Crippen LogP contribution < -0.4 is 0 Å². The lowest BCUT2D eigenvalue weighted by atomic mass is 9.98. The molecule has 1 unspecified atom stereocenters. The van der Waals surface area contributed by atoms with Gasteiger partial charge in [0.25, 0.3) is 0 Å². The van der Waals surface area contributed by atoms with Crippen LogP contribution in [0.5, 0.6) is 0 Å². The van der Waals surface area contributed by atoms with Gasteiger partial charge in [-0.25, -0.2) is 9.50 Å². The zero-order valence-corrected chi connectivity index (χ0v) is 11.1. The highest BCUT2D eigenvalue weighted by molar-refractivity contribution is 9.10. The molecule has 0 amide bonds. The first kappa shape index (κ1) is 11.2. The van der Waals surface area contributed by atoms with E-state index in [-0.39, 0.29) is 0 Å². The van der Waals surface area contributed by atoms with E-state index in [4.69, 9.17) is 4.74 Å². The first-order chi connectivity index (χ1) is 8.33. The van der Waals surface area contributed by atoms with Gasteiger partial charge in [-0.2, -0.15) is 5.10 Å². The Morgan fingerprint density at radius 3 is 3.18 bits per heavy atom. The van der Waals surface area contributed by atoms with Gasteiger partial charge in [0.15, 0.2) is 11.5 Å². The molecule has 0 spiro atoms. The molecule has 0 bridgehead atoms. The predicted molar refractivity (Wildman–Crippen MR) is 67.9 cm³/mol. The fraction of sp³-hybridized carbons (Fsp3) is 0.500. The molecule has 0 N–H and O–H groups in total. The molecule has 2 aromatic rings. The smallest absolute Gasteiger partial charge is 0.156 e. The molecular weight excluding hydrogens is 282 g/mol. The number of halogens is 1. The summed E-state index contributed by atoms with van der Waals surface area (Å²) in [6.45, 7) is 1.75. The van der Waals surface area contributed by atoms with Crippen LogP contribution >= 0.6 is 15.9 Å². The minimum atomic E-state index is 0.569. The zero-order valence-electron chi connectivity index (χ0n) is 9.47. The molecule has 0 aromatic carbocycles. The molecule has 0 saturated carbocycles. The van der Waals surface area contributed by atoms with E-state index >= 15 is 0 Å². The molecule has 1 saturated heterocycles. The van der Waals surface area contributed by atoms with Gasteiger partial charge < -0.3 is 4.74 Å². The van der Waals surface area contributed by atoms with E-state index in [0.717, 1.165) is 42.1 Å².